The molecule has 0 saturated heterocycles. The number of rotatable bonds is 1. The monoisotopic (exact) mass is 512 g/mol. The van der Waals surface area contributed by atoms with E-state index in [0.717, 1.165) is 42.2 Å². The smallest absolute Gasteiger partial charge is 0.263 e. The van der Waals surface area contributed by atoms with E-state index < -0.39 is 0 Å². The highest BCUT2D eigenvalue weighted by molar-refractivity contribution is 7.24. The summed E-state index contributed by atoms with van der Waals surface area (Å²) in [6.07, 6.45) is 8.76. The van der Waals surface area contributed by atoms with Crippen LogP contribution >= 0.6 is 11.3 Å². The topological polar surface area (TPSA) is 118 Å². The molecule has 38 heavy (non-hydrogen) atoms. The number of pyridine rings is 3. The molecule has 0 fully saturated rings. The lowest BCUT2D eigenvalue weighted by atomic mass is 10.2. The van der Waals surface area contributed by atoms with Crippen LogP contribution in [-0.4, -0.2) is 45.6 Å². The second-order valence-corrected chi connectivity index (χ2v) is 9.99. The van der Waals surface area contributed by atoms with Crippen LogP contribution in [0.3, 0.4) is 0 Å². The van der Waals surface area contributed by atoms with Gasteiger partial charge in [-0.15, -0.1) is 11.3 Å². The third-order valence-corrected chi connectivity index (χ3v) is 7.75. The van der Waals surface area contributed by atoms with Crippen molar-refractivity contribution in [2.75, 3.05) is 0 Å². The first kappa shape index (κ1) is 20.9. The van der Waals surface area contributed by atoms with Crippen LogP contribution in [0.15, 0.2) is 85.6 Å². The zero-order chi connectivity index (χ0) is 25.2. The van der Waals surface area contributed by atoms with E-state index >= 15 is 0 Å². The molecule has 7 heterocycles. The fourth-order valence-electron chi connectivity index (χ4n) is 4.82. The van der Waals surface area contributed by atoms with E-state index in [1.54, 1.807) is 35.6 Å². The number of carbonyl (C=O) groups is 1. The molecule has 180 valence electrons. The molecule has 0 radical (unpaired) electrons. The number of imidazole rings is 1. The Balaban J connectivity index is 1.61. The summed E-state index contributed by atoms with van der Waals surface area (Å²) in [5.74, 6) is -0.152. The number of nitrogens with one attached hydrogen (secondary N) is 2. The molecule has 0 amide bonds. The predicted molar refractivity (Wildman–Crippen MR) is 149 cm³/mol. The number of fused-ring (bicyclic) bond motifs is 9. The molecule has 0 saturated carbocycles. The number of H-pyrrole nitrogens is 2. The molecule has 1 aromatic carbocycles. The Morgan fingerprint density at radius 3 is 2.66 bits per heavy atom. The Kier molecular flexibility index (Phi) is 4.34. The summed E-state index contributed by atoms with van der Waals surface area (Å²) in [7, 11) is 0. The van der Waals surface area contributed by atoms with Crippen LogP contribution in [0.25, 0.3) is 64.4 Å². The molecule has 0 aliphatic carbocycles. The van der Waals surface area contributed by atoms with Crippen molar-refractivity contribution >= 4 is 81.7 Å². The van der Waals surface area contributed by atoms with Crippen molar-refractivity contribution in [1.82, 2.24) is 39.7 Å². The van der Waals surface area contributed by atoms with Crippen LogP contribution in [0.1, 0.15) is 10.4 Å². The van der Waals surface area contributed by atoms with E-state index in [1.807, 2.05) is 54.6 Å². The minimum absolute atomic E-state index is 0.152. The molecule has 8 aromatic rings. The van der Waals surface area contributed by atoms with Crippen molar-refractivity contribution in [3.63, 3.8) is 0 Å². The molecule has 8 rings (SSSR count). The minimum Gasteiger partial charge on any atom is -0.335 e. The van der Waals surface area contributed by atoms with Gasteiger partial charge in [0.15, 0.2) is 5.65 Å². The summed E-state index contributed by atoms with van der Waals surface area (Å²) in [4.78, 5) is 36.6. The summed E-state index contributed by atoms with van der Waals surface area (Å²) in [6.45, 7) is 0. The summed E-state index contributed by atoms with van der Waals surface area (Å²) >= 11 is 1.49. The maximum atomic E-state index is 13.9. The molecule has 8 bridgehead atoms. The van der Waals surface area contributed by atoms with Gasteiger partial charge in [-0.2, -0.15) is 5.10 Å². The number of aromatic nitrogens is 8. The number of aromatic amines is 2. The average molecular weight is 513 g/mol. The van der Waals surface area contributed by atoms with Gasteiger partial charge in [0.25, 0.3) is 5.91 Å². The molecule has 10 heteroatoms. The second kappa shape index (κ2) is 7.89. The first-order valence-corrected chi connectivity index (χ1v) is 12.7. The summed E-state index contributed by atoms with van der Waals surface area (Å²) in [5.41, 5.74) is 5.64. The number of nitrogens with zero attached hydrogens (tertiary/aromatic N) is 6. The molecule has 7 aromatic heterocycles. The normalized spacial score (nSPS) is 11.8. The van der Waals surface area contributed by atoms with Gasteiger partial charge in [0.05, 0.1) is 40.7 Å². The average Bonchev–Trinajstić information content (AvgIpc) is 3.71. The lowest BCUT2D eigenvalue weighted by Gasteiger charge is -2.08. The Labute approximate surface area is 217 Å². The van der Waals surface area contributed by atoms with Gasteiger partial charge < -0.3 is 4.98 Å². The third kappa shape index (κ3) is 3.10. The minimum atomic E-state index is -0.152. The van der Waals surface area contributed by atoms with Gasteiger partial charge in [0, 0.05) is 38.8 Å². The van der Waals surface area contributed by atoms with Crippen LogP contribution in [-0.2, 0) is 0 Å². The highest BCUT2D eigenvalue weighted by atomic mass is 32.1. The zero-order valence-electron chi connectivity index (χ0n) is 19.6. The number of hydrogen-bond donors (Lipinski definition) is 2. The first-order valence-electron chi connectivity index (χ1n) is 11.9. The van der Waals surface area contributed by atoms with E-state index in [1.165, 1.54) is 11.3 Å². The lowest BCUT2D eigenvalue weighted by Crippen LogP contribution is -2.12. The van der Waals surface area contributed by atoms with Crippen molar-refractivity contribution in [2.45, 2.75) is 0 Å². The summed E-state index contributed by atoms with van der Waals surface area (Å²) in [6, 6.07) is 17.1. The SMILES string of the molecule is O=C(c1ccccc1)n1c2cncc(c2)c2cc3c(cn2)[nH]nc3c2nc3c(cncc3c3ccc1s3)[nH]2. The number of thiophene rings is 1. The molecule has 0 aliphatic rings. The largest absolute Gasteiger partial charge is 0.335 e. The van der Waals surface area contributed by atoms with Gasteiger partial charge in [0.1, 0.15) is 15.9 Å². The molecule has 0 unspecified atom stereocenters. The van der Waals surface area contributed by atoms with Crippen LogP contribution < -0.4 is 0 Å². The number of carbonyl (C=O) groups excluding carboxylic acids is 1. The highest BCUT2D eigenvalue weighted by Crippen LogP contribution is 2.30. The van der Waals surface area contributed by atoms with Crippen molar-refractivity contribution in [2.24, 2.45) is 0 Å². The zero-order valence-corrected chi connectivity index (χ0v) is 20.4. The van der Waals surface area contributed by atoms with Gasteiger partial charge in [-0.05, 0) is 36.4 Å². The Morgan fingerprint density at radius 1 is 0.842 bits per heavy atom. The van der Waals surface area contributed by atoms with Crippen molar-refractivity contribution in [1.29, 1.82) is 0 Å². The first-order chi connectivity index (χ1) is 18.7. The van der Waals surface area contributed by atoms with E-state index in [2.05, 4.69) is 30.1 Å². The van der Waals surface area contributed by atoms with Gasteiger partial charge in [-0.25, -0.2) is 4.98 Å². The van der Waals surface area contributed by atoms with Gasteiger partial charge in [-0.3, -0.25) is 29.4 Å². The van der Waals surface area contributed by atoms with Gasteiger partial charge >= 0.3 is 0 Å². The maximum absolute atomic E-state index is 13.9. The number of hydrogen-bond acceptors (Lipinski definition) is 7. The molecule has 2 N–H and O–H groups in total. The molecular weight excluding hydrogens is 496 g/mol. The van der Waals surface area contributed by atoms with Gasteiger partial charge in [-0.1, -0.05) is 18.2 Å². The van der Waals surface area contributed by atoms with Crippen molar-refractivity contribution in [3.8, 4) is 0 Å². The predicted octanol–water partition coefficient (Wildman–Crippen LogP) is 5.91. The van der Waals surface area contributed by atoms with Crippen molar-refractivity contribution in [3.05, 3.63) is 91.1 Å². The second-order valence-electron chi connectivity index (χ2n) is 8.93. The summed E-state index contributed by atoms with van der Waals surface area (Å²) < 4.78 is 2.64. The third-order valence-electron chi connectivity index (χ3n) is 6.64. The van der Waals surface area contributed by atoms with Crippen LogP contribution in [0.5, 0.6) is 0 Å². The number of benzene rings is 1. The Bertz CT molecular complexity index is 2270. The quantitative estimate of drug-likeness (QED) is 0.282. The Hall–Kier alpha value is -5.22. The molecule has 0 aliphatic heterocycles. The van der Waals surface area contributed by atoms with Gasteiger partial charge in [0.2, 0.25) is 0 Å². The fraction of sp³-hybridized carbons (Fsp3) is 0. The van der Waals surface area contributed by atoms with Crippen LogP contribution in [0.2, 0.25) is 0 Å². The fourth-order valence-corrected chi connectivity index (χ4v) is 5.85. The summed E-state index contributed by atoms with van der Waals surface area (Å²) in [5, 5.41) is 10.1. The maximum Gasteiger partial charge on any atom is 0.263 e. The van der Waals surface area contributed by atoms with E-state index in [0.29, 0.717) is 27.8 Å². The van der Waals surface area contributed by atoms with E-state index in [9.17, 15) is 4.79 Å². The van der Waals surface area contributed by atoms with Crippen LogP contribution in [0.4, 0.5) is 0 Å². The van der Waals surface area contributed by atoms with Crippen molar-refractivity contribution < 1.29 is 4.79 Å². The molecular formula is C28H16N8OS. The van der Waals surface area contributed by atoms with E-state index in [4.69, 9.17) is 4.98 Å². The molecule has 0 spiro atoms. The highest BCUT2D eigenvalue weighted by Gasteiger charge is 2.14. The molecule has 9 nitrogen and oxygen atoms in total. The standard InChI is InChI=1S/C28H16N8OS/c37-28(15-4-2-1-3-5-15)36-17-8-16(10-29-11-17)20-9-18-21(14-31-20)34-35-26(18)27-32-22-13-30-12-19(25(22)33-27)23-6-7-24(36)38-23/h1-14H,(H,32,33)(H,34,35). The molecule has 0 atom stereocenters. The lowest BCUT2D eigenvalue weighted by molar-refractivity contribution is 0.0969. The van der Waals surface area contributed by atoms with E-state index in [-0.39, 0.29) is 5.91 Å². The Morgan fingerprint density at radius 2 is 1.74 bits per heavy atom. The van der Waals surface area contributed by atoms with Crippen LogP contribution in [0, 0.1) is 0 Å².